The van der Waals surface area contributed by atoms with Crippen molar-refractivity contribution >= 4 is 0 Å². The molecule has 0 saturated carbocycles. The molecule has 17 heavy (non-hydrogen) atoms. The molecular weight excluding hydrogens is 215 g/mol. The Labute approximate surface area is 101 Å². The third-order valence-electron chi connectivity index (χ3n) is 2.84. The molecule has 0 aliphatic heterocycles. The van der Waals surface area contributed by atoms with Crippen molar-refractivity contribution in [2.24, 2.45) is 0 Å². The van der Waals surface area contributed by atoms with E-state index >= 15 is 0 Å². The maximum atomic E-state index is 13.6. The topological polar surface area (TPSA) is 9.23 Å². The molecule has 0 fully saturated rings. The minimum absolute atomic E-state index is 0.170. The van der Waals surface area contributed by atoms with E-state index in [-0.39, 0.29) is 5.82 Å². The van der Waals surface area contributed by atoms with Gasteiger partial charge in [0.25, 0.3) is 0 Å². The highest BCUT2D eigenvalue weighted by Gasteiger charge is 2.08. The molecule has 0 spiro atoms. The molecule has 1 nitrogen and oxygen atoms in total. The summed E-state index contributed by atoms with van der Waals surface area (Å²) in [5.74, 6) is 0.673. The third kappa shape index (κ3) is 2.47. The Hall–Kier alpha value is -1.83. The lowest BCUT2D eigenvalue weighted by Crippen LogP contribution is -1.97. The SMILES string of the molecule is COc1c(C)cccc1Cc1ccccc1F. The molecule has 0 N–H and O–H groups in total. The van der Waals surface area contributed by atoms with E-state index in [1.807, 2.05) is 31.2 Å². The molecule has 0 aromatic heterocycles. The van der Waals surface area contributed by atoms with Gasteiger partial charge in [0.1, 0.15) is 11.6 Å². The predicted octanol–water partition coefficient (Wildman–Crippen LogP) is 3.73. The molecule has 2 aromatic carbocycles. The molecule has 2 aromatic rings. The van der Waals surface area contributed by atoms with Gasteiger partial charge in [0.05, 0.1) is 7.11 Å². The van der Waals surface area contributed by atoms with E-state index in [0.29, 0.717) is 12.0 Å². The molecule has 0 aliphatic rings. The van der Waals surface area contributed by atoms with Crippen LogP contribution in [0.3, 0.4) is 0 Å². The van der Waals surface area contributed by atoms with Crippen LogP contribution in [0.25, 0.3) is 0 Å². The Kier molecular flexibility index (Phi) is 3.43. The lowest BCUT2D eigenvalue weighted by molar-refractivity contribution is 0.407. The summed E-state index contributed by atoms with van der Waals surface area (Å²) in [6, 6.07) is 12.8. The van der Waals surface area contributed by atoms with E-state index in [0.717, 1.165) is 16.9 Å². The van der Waals surface area contributed by atoms with Crippen molar-refractivity contribution in [3.05, 3.63) is 65.0 Å². The third-order valence-corrected chi connectivity index (χ3v) is 2.84. The lowest BCUT2D eigenvalue weighted by Gasteiger charge is -2.11. The molecule has 2 rings (SSSR count). The summed E-state index contributed by atoms with van der Waals surface area (Å²) in [5, 5.41) is 0. The maximum Gasteiger partial charge on any atom is 0.126 e. The molecule has 0 atom stereocenters. The van der Waals surface area contributed by atoms with Crippen LogP contribution in [0.2, 0.25) is 0 Å². The molecule has 0 saturated heterocycles. The van der Waals surface area contributed by atoms with Crippen molar-refractivity contribution < 1.29 is 9.13 Å². The second-order valence-electron chi connectivity index (χ2n) is 4.04. The van der Waals surface area contributed by atoms with Crippen molar-refractivity contribution in [3.63, 3.8) is 0 Å². The van der Waals surface area contributed by atoms with E-state index in [1.165, 1.54) is 6.07 Å². The molecule has 0 radical (unpaired) electrons. The number of ether oxygens (including phenoxy) is 1. The highest BCUT2D eigenvalue weighted by Crippen LogP contribution is 2.26. The summed E-state index contributed by atoms with van der Waals surface area (Å²) < 4.78 is 18.9. The average molecular weight is 230 g/mol. The van der Waals surface area contributed by atoms with Gasteiger partial charge in [-0.25, -0.2) is 4.39 Å². The minimum Gasteiger partial charge on any atom is -0.496 e. The number of para-hydroxylation sites is 1. The quantitative estimate of drug-likeness (QED) is 0.780. The summed E-state index contributed by atoms with van der Waals surface area (Å²) in [6.07, 6.45) is 0.553. The zero-order chi connectivity index (χ0) is 12.3. The number of methoxy groups -OCH3 is 1. The molecule has 0 heterocycles. The van der Waals surface area contributed by atoms with Crippen molar-refractivity contribution in [2.75, 3.05) is 7.11 Å². The van der Waals surface area contributed by atoms with Gasteiger partial charge < -0.3 is 4.74 Å². The van der Waals surface area contributed by atoms with E-state index < -0.39 is 0 Å². The Balaban J connectivity index is 2.37. The van der Waals surface area contributed by atoms with Gasteiger partial charge >= 0.3 is 0 Å². The van der Waals surface area contributed by atoms with Crippen LogP contribution in [0.5, 0.6) is 5.75 Å². The van der Waals surface area contributed by atoms with Crippen molar-refractivity contribution in [3.8, 4) is 5.75 Å². The van der Waals surface area contributed by atoms with Gasteiger partial charge in [-0.2, -0.15) is 0 Å². The Bertz CT molecular complexity index is 520. The average Bonchev–Trinajstić information content (AvgIpc) is 2.32. The number of aryl methyl sites for hydroxylation is 1. The molecule has 0 amide bonds. The van der Waals surface area contributed by atoms with Crippen molar-refractivity contribution in [1.29, 1.82) is 0 Å². The highest BCUT2D eigenvalue weighted by atomic mass is 19.1. The first kappa shape index (κ1) is 11.6. The van der Waals surface area contributed by atoms with Crippen LogP contribution < -0.4 is 4.74 Å². The van der Waals surface area contributed by atoms with Crippen LogP contribution in [-0.2, 0) is 6.42 Å². The predicted molar refractivity (Wildman–Crippen MR) is 66.9 cm³/mol. The summed E-state index contributed by atoms with van der Waals surface area (Å²) in [5.41, 5.74) is 2.77. The fourth-order valence-corrected chi connectivity index (χ4v) is 1.99. The summed E-state index contributed by atoms with van der Waals surface area (Å²) >= 11 is 0. The van der Waals surface area contributed by atoms with Crippen LogP contribution in [0, 0.1) is 12.7 Å². The van der Waals surface area contributed by atoms with Gasteiger partial charge in [-0.05, 0) is 29.7 Å². The first-order valence-electron chi connectivity index (χ1n) is 5.58. The number of halogens is 1. The number of benzene rings is 2. The fourth-order valence-electron chi connectivity index (χ4n) is 1.99. The smallest absolute Gasteiger partial charge is 0.126 e. The Morgan fingerprint density at radius 2 is 1.71 bits per heavy atom. The second-order valence-corrected chi connectivity index (χ2v) is 4.04. The maximum absolute atomic E-state index is 13.6. The van der Waals surface area contributed by atoms with Gasteiger partial charge in [-0.15, -0.1) is 0 Å². The monoisotopic (exact) mass is 230 g/mol. The highest BCUT2D eigenvalue weighted by molar-refractivity contribution is 5.43. The summed E-state index contributed by atoms with van der Waals surface area (Å²) in [6.45, 7) is 1.99. The molecule has 0 aliphatic carbocycles. The number of rotatable bonds is 3. The van der Waals surface area contributed by atoms with E-state index in [2.05, 4.69) is 0 Å². The van der Waals surface area contributed by atoms with Crippen LogP contribution in [0.1, 0.15) is 16.7 Å². The summed E-state index contributed by atoms with van der Waals surface area (Å²) in [7, 11) is 1.65. The zero-order valence-electron chi connectivity index (χ0n) is 10.0. The van der Waals surface area contributed by atoms with Crippen LogP contribution in [0.15, 0.2) is 42.5 Å². The number of hydrogen-bond acceptors (Lipinski definition) is 1. The Morgan fingerprint density at radius 3 is 2.41 bits per heavy atom. The standard InChI is InChI=1S/C15H15FO/c1-11-6-5-8-13(15(11)17-2)10-12-7-3-4-9-14(12)16/h3-9H,10H2,1-2H3. The van der Waals surface area contributed by atoms with Crippen molar-refractivity contribution in [2.45, 2.75) is 13.3 Å². The van der Waals surface area contributed by atoms with Gasteiger partial charge in [-0.3, -0.25) is 0 Å². The molecule has 2 heteroatoms. The van der Waals surface area contributed by atoms with E-state index in [9.17, 15) is 4.39 Å². The molecule has 88 valence electrons. The molecule has 0 unspecified atom stereocenters. The van der Waals surface area contributed by atoms with Crippen molar-refractivity contribution in [1.82, 2.24) is 0 Å². The van der Waals surface area contributed by atoms with Gasteiger partial charge in [0.15, 0.2) is 0 Å². The van der Waals surface area contributed by atoms with Gasteiger partial charge in [-0.1, -0.05) is 36.4 Å². The van der Waals surface area contributed by atoms with Gasteiger partial charge in [0.2, 0.25) is 0 Å². The van der Waals surface area contributed by atoms with Gasteiger partial charge in [0, 0.05) is 6.42 Å². The molecule has 0 bridgehead atoms. The molecular formula is C15H15FO. The first-order chi connectivity index (χ1) is 8.22. The van der Waals surface area contributed by atoms with Crippen LogP contribution in [-0.4, -0.2) is 7.11 Å². The second kappa shape index (κ2) is 5.00. The largest absolute Gasteiger partial charge is 0.496 e. The van der Waals surface area contributed by atoms with Crippen LogP contribution in [0.4, 0.5) is 4.39 Å². The lowest BCUT2D eigenvalue weighted by atomic mass is 10.0. The zero-order valence-corrected chi connectivity index (χ0v) is 10.0. The first-order valence-corrected chi connectivity index (χ1v) is 5.58. The van der Waals surface area contributed by atoms with E-state index in [1.54, 1.807) is 19.2 Å². The number of hydrogen-bond donors (Lipinski definition) is 0. The summed E-state index contributed by atoms with van der Waals surface area (Å²) in [4.78, 5) is 0. The Morgan fingerprint density at radius 1 is 1.00 bits per heavy atom. The fraction of sp³-hybridized carbons (Fsp3) is 0.200. The minimum atomic E-state index is -0.170. The van der Waals surface area contributed by atoms with Crippen LogP contribution >= 0.6 is 0 Å². The van der Waals surface area contributed by atoms with E-state index in [4.69, 9.17) is 4.74 Å². The normalized spacial score (nSPS) is 10.3.